The average molecular weight is 511 g/mol. The molecule has 0 atom stereocenters. The number of fused-ring (bicyclic) bond motifs is 1. The van der Waals surface area contributed by atoms with Gasteiger partial charge in [0.15, 0.2) is 0 Å². The number of carbonyl (C=O) groups is 2. The highest BCUT2D eigenvalue weighted by Crippen LogP contribution is 2.25. The van der Waals surface area contributed by atoms with Gasteiger partial charge in [0.2, 0.25) is 5.91 Å². The number of nitrogens with zero attached hydrogens (tertiary/aromatic N) is 3. The summed E-state index contributed by atoms with van der Waals surface area (Å²) in [6.45, 7) is 0.313. The Bertz CT molecular complexity index is 1510. The van der Waals surface area contributed by atoms with Crippen LogP contribution >= 0.6 is 11.6 Å². The van der Waals surface area contributed by atoms with E-state index in [0.29, 0.717) is 6.54 Å². The van der Waals surface area contributed by atoms with Gasteiger partial charge >= 0.3 is 0 Å². The van der Waals surface area contributed by atoms with Crippen LogP contribution in [-0.2, 0) is 11.2 Å². The molecule has 4 aromatic carbocycles. The number of nitriles is 1. The summed E-state index contributed by atoms with van der Waals surface area (Å²) in [5.41, 5.74) is 5.08. The maximum absolute atomic E-state index is 13.3. The van der Waals surface area contributed by atoms with Crippen LogP contribution in [0.2, 0.25) is 5.02 Å². The molecule has 0 aliphatic carbocycles. The first kappa shape index (κ1) is 25.4. The monoisotopic (exact) mass is 510 g/mol. The topological polar surface area (TPSA) is 106 Å². The van der Waals surface area contributed by atoms with Gasteiger partial charge in [0.05, 0.1) is 30.1 Å². The lowest BCUT2D eigenvalue weighted by Crippen LogP contribution is -2.33. The number of phenols is 1. The van der Waals surface area contributed by atoms with Gasteiger partial charge in [-0.1, -0.05) is 66.2 Å². The normalized spacial score (nSPS) is 10.8. The molecule has 0 unspecified atom stereocenters. The second kappa shape index (κ2) is 11.8. The van der Waals surface area contributed by atoms with Crippen molar-refractivity contribution in [1.82, 2.24) is 5.43 Å². The minimum Gasteiger partial charge on any atom is -0.506 e. The summed E-state index contributed by atoms with van der Waals surface area (Å²) in [4.78, 5) is 27.3. The zero-order valence-electron chi connectivity index (χ0n) is 19.8. The molecule has 7 nitrogen and oxygen atoms in total. The standard InChI is InChI=1S/C29H23ClN4O3/c30-26-17-21(13-14-27(26)35)29(37)33-32-19-22-12-11-20(24-9-4-5-10-25(22)24)18-28(36)34(16-6-15-31)23-7-2-1-3-8-23/h1-5,7-14,17,19,35H,6,16,18H2,(H,33,37). The lowest BCUT2D eigenvalue weighted by atomic mass is 9.97. The van der Waals surface area contributed by atoms with Crippen molar-refractivity contribution < 1.29 is 14.7 Å². The predicted molar refractivity (Wildman–Crippen MR) is 145 cm³/mol. The highest BCUT2D eigenvalue weighted by Gasteiger charge is 2.17. The molecule has 0 aliphatic heterocycles. The number of para-hydroxylation sites is 1. The molecule has 2 amide bonds. The highest BCUT2D eigenvalue weighted by molar-refractivity contribution is 6.32. The number of hydrogen-bond donors (Lipinski definition) is 2. The van der Waals surface area contributed by atoms with Crippen LogP contribution in [-0.4, -0.2) is 29.7 Å². The fourth-order valence-corrected chi connectivity index (χ4v) is 4.13. The van der Waals surface area contributed by atoms with Crippen molar-refractivity contribution in [1.29, 1.82) is 5.26 Å². The van der Waals surface area contributed by atoms with Crippen LogP contribution in [0, 0.1) is 11.3 Å². The molecule has 37 heavy (non-hydrogen) atoms. The first-order valence-corrected chi connectivity index (χ1v) is 11.9. The molecule has 0 aliphatic rings. The van der Waals surface area contributed by atoms with Gasteiger partial charge in [-0.15, -0.1) is 0 Å². The third-order valence-electron chi connectivity index (χ3n) is 5.79. The Morgan fingerprint density at radius 1 is 1.00 bits per heavy atom. The maximum Gasteiger partial charge on any atom is 0.271 e. The Labute approximate surface area is 219 Å². The molecule has 0 saturated heterocycles. The van der Waals surface area contributed by atoms with Crippen LogP contribution < -0.4 is 10.3 Å². The van der Waals surface area contributed by atoms with E-state index in [1.807, 2.05) is 66.7 Å². The van der Waals surface area contributed by atoms with Crippen molar-refractivity contribution in [3.05, 3.63) is 107 Å². The van der Waals surface area contributed by atoms with Crippen molar-refractivity contribution in [3.8, 4) is 11.8 Å². The van der Waals surface area contributed by atoms with Gasteiger partial charge in [0, 0.05) is 23.4 Å². The summed E-state index contributed by atoms with van der Waals surface area (Å²) < 4.78 is 0. The Morgan fingerprint density at radius 3 is 2.46 bits per heavy atom. The smallest absolute Gasteiger partial charge is 0.271 e. The van der Waals surface area contributed by atoms with Gasteiger partial charge in [-0.25, -0.2) is 5.43 Å². The Balaban J connectivity index is 1.55. The van der Waals surface area contributed by atoms with Crippen molar-refractivity contribution in [2.75, 3.05) is 11.4 Å². The summed E-state index contributed by atoms with van der Waals surface area (Å²) >= 11 is 5.87. The van der Waals surface area contributed by atoms with E-state index in [0.717, 1.165) is 27.6 Å². The van der Waals surface area contributed by atoms with Crippen molar-refractivity contribution in [3.63, 3.8) is 0 Å². The van der Waals surface area contributed by atoms with Gasteiger partial charge in [-0.2, -0.15) is 10.4 Å². The molecule has 4 rings (SSSR count). The lowest BCUT2D eigenvalue weighted by molar-refractivity contribution is -0.118. The number of phenolic OH excluding ortho intramolecular Hbond substituents is 1. The molecular formula is C29H23ClN4O3. The van der Waals surface area contributed by atoms with Gasteiger partial charge in [-0.3, -0.25) is 9.59 Å². The quantitative estimate of drug-likeness (QED) is 0.243. The molecule has 0 bridgehead atoms. The highest BCUT2D eigenvalue weighted by atomic mass is 35.5. The molecule has 0 radical (unpaired) electrons. The fraction of sp³-hybridized carbons (Fsp3) is 0.103. The fourth-order valence-electron chi connectivity index (χ4n) is 3.95. The van der Waals surface area contributed by atoms with Crippen LogP contribution in [0.5, 0.6) is 5.75 Å². The SMILES string of the molecule is N#CCCN(C(=O)Cc1ccc(C=NNC(=O)c2ccc(O)c(Cl)c2)c2ccccc12)c1ccccc1. The number of benzene rings is 4. The zero-order valence-corrected chi connectivity index (χ0v) is 20.5. The number of hydrazone groups is 1. The number of hydrogen-bond acceptors (Lipinski definition) is 5. The van der Waals surface area contributed by atoms with Gasteiger partial charge in [0.25, 0.3) is 5.91 Å². The second-order valence-corrected chi connectivity index (χ2v) is 8.60. The Morgan fingerprint density at radius 2 is 1.73 bits per heavy atom. The number of amides is 2. The summed E-state index contributed by atoms with van der Waals surface area (Å²) in [7, 11) is 0. The number of halogens is 1. The summed E-state index contributed by atoms with van der Waals surface area (Å²) in [6.07, 6.45) is 1.94. The molecule has 0 saturated carbocycles. The summed E-state index contributed by atoms with van der Waals surface area (Å²) in [5, 5.41) is 24.5. The van der Waals surface area contributed by atoms with Gasteiger partial charge < -0.3 is 10.0 Å². The van der Waals surface area contributed by atoms with E-state index in [1.165, 1.54) is 24.4 Å². The third-order valence-corrected chi connectivity index (χ3v) is 6.09. The van der Waals surface area contributed by atoms with Crippen molar-refractivity contribution in [2.24, 2.45) is 5.10 Å². The Kier molecular flexibility index (Phi) is 8.14. The van der Waals surface area contributed by atoms with E-state index < -0.39 is 5.91 Å². The third kappa shape index (κ3) is 6.13. The molecule has 2 N–H and O–H groups in total. The maximum atomic E-state index is 13.3. The zero-order chi connectivity index (χ0) is 26.2. The van der Waals surface area contributed by atoms with E-state index in [2.05, 4.69) is 16.6 Å². The van der Waals surface area contributed by atoms with E-state index in [9.17, 15) is 14.7 Å². The number of rotatable bonds is 8. The molecule has 0 aromatic heterocycles. The number of carbonyl (C=O) groups excluding carboxylic acids is 2. The molecule has 0 spiro atoms. The predicted octanol–water partition coefficient (Wildman–Crippen LogP) is 5.45. The number of aromatic hydroxyl groups is 1. The second-order valence-electron chi connectivity index (χ2n) is 8.19. The van der Waals surface area contributed by atoms with Crippen LogP contribution in [0.15, 0.2) is 90.0 Å². The number of nitrogens with one attached hydrogen (secondary N) is 1. The first-order valence-electron chi connectivity index (χ1n) is 11.5. The van der Waals surface area contributed by atoms with Gasteiger partial charge in [0.1, 0.15) is 5.75 Å². The van der Waals surface area contributed by atoms with Crippen LogP contribution in [0.3, 0.4) is 0 Å². The van der Waals surface area contributed by atoms with Crippen LogP contribution in [0.25, 0.3) is 10.8 Å². The van der Waals surface area contributed by atoms with E-state index in [-0.39, 0.29) is 35.1 Å². The Hall–Kier alpha value is -4.67. The summed E-state index contributed by atoms with van der Waals surface area (Å²) in [5.74, 6) is -0.681. The van der Waals surface area contributed by atoms with Crippen molar-refractivity contribution in [2.45, 2.75) is 12.8 Å². The first-order chi connectivity index (χ1) is 18.0. The minimum atomic E-state index is -0.469. The molecule has 4 aromatic rings. The van der Waals surface area contributed by atoms with E-state index in [1.54, 1.807) is 4.90 Å². The van der Waals surface area contributed by atoms with Crippen LogP contribution in [0.4, 0.5) is 5.69 Å². The molecular weight excluding hydrogens is 488 g/mol. The molecule has 0 heterocycles. The summed E-state index contributed by atoms with van der Waals surface area (Å²) in [6, 6.07) is 27.0. The molecule has 184 valence electrons. The van der Waals surface area contributed by atoms with Crippen molar-refractivity contribution >= 4 is 46.1 Å². The number of anilines is 1. The lowest BCUT2D eigenvalue weighted by Gasteiger charge is -2.22. The minimum absolute atomic E-state index is 0.0752. The molecule has 0 fully saturated rings. The van der Waals surface area contributed by atoms with E-state index >= 15 is 0 Å². The largest absolute Gasteiger partial charge is 0.506 e. The molecule has 8 heteroatoms. The van der Waals surface area contributed by atoms with E-state index in [4.69, 9.17) is 16.9 Å². The van der Waals surface area contributed by atoms with Gasteiger partial charge in [-0.05, 0) is 46.7 Å². The van der Waals surface area contributed by atoms with Crippen LogP contribution in [0.1, 0.15) is 27.9 Å². The average Bonchev–Trinajstić information content (AvgIpc) is 2.92.